The Kier molecular flexibility index (Phi) is 8.48. The fraction of sp³-hybridized carbons (Fsp3) is 0.333. The molecule has 2 aromatic carbocycles. The summed E-state index contributed by atoms with van der Waals surface area (Å²) in [6, 6.07) is 9.39. The van der Waals surface area contributed by atoms with Crippen molar-refractivity contribution in [2.45, 2.75) is 33.2 Å². The van der Waals surface area contributed by atoms with Crippen molar-refractivity contribution in [1.82, 2.24) is 14.8 Å². The lowest BCUT2D eigenvalue weighted by molar-refractivity contribution is -0.119. The average molecular weight is 486 g/mol. The summed E-state index contributed by atoms with van der Waals surface area (Å²) in [5.41, 5.74) is 1.47. The zero-order valence-electron chi connectivity index (χ0n) is 19.5. The average Bonchev–Trinajstić information content (AvgIpc) is 3.35. The summed E-state index contributed by atoms with van der Waals surface area (Å²) in [4.78, 5) is 29.0. The predicted molar refractivity (Wildman–Crippen MR) is 131 cm³/mol. The van der Waals surface area contributed by atoms with Crippen LogP contribution < -0.4 is 20.1 Å². The van der Waals surface area contributed by atoms with Gasteiger partial charge in [0.2, 0.25) is 5.91 Å². The SMILES string of the molecule is COc1cc(C(=O)Nc2ccc(NC(=O)C(C)n3cncn3)cc2)cc(Cl)c1OCCC(C)C. The summed E-state index contributed by atoms with van der Waals surface area (Å²) in [7, 11) is 1.50. The summed E-state index contributed by atoms with van der Waals surface area (Å²) in [6.07, 6.45) is 3.73. The van der Waals surface area contributed by atoms with Gasteiger partial charge in [-0.15, -0.1) is 0 Å². The molecule has 1 heterocycles. The fourth-order valence-corrected chi connectivity index (χ4v) is 3.28. The van der Waals surface area contributed by atoms with Crippen molar-refractivity contribution in [3.8, 4) is 11.5 Å². The molecular formula is C24H28ClN5O4. The van der Waals surface area contributed by atoms with Crippen LogP contribution in [0.5, 0.6) is 11.5 Å². The third kappa shape index (κ3) is 6.48. The monoisotopic (exact) mass is 485 g/mol. The van der Waals surface area contributed by atoms with Crippen LogP contribution in [0.15, 0.2) is 49.1 Å². The molecule has 0 radical (unpaired) electrons. The number of methoxy groups -OCH3 is 1. The number of halogens is 1. The highest BCUT2D eigenvalue weighted by Gasteiger charge is 2.17. The Morgan fingerprint density at radius 3 is 2.35 bits per heavy atom. The summed E-state index contributed by atoms with van der Waals surface area (Å²) < 4.78 is 12.6. The molecule has 0 saturated carbocycles. The minimum atomic E-state index is -0.515. The number of rotatable bonds is 10. The number of amides is 2. The lowest BCUT2D eigenvalue weighted by atomic mass is 10.1. The van der Waals surface area contributed by atoms with E-state index in [4.69, 9.17) is 21.1 Å². The van der Waals surface area contributed by atoms with Crippen molar-refractivity contribution >= 4 is 34.8 Å². The first-order chi connectivity index (χ1) is 16.3. The molecule has 0 aliphatic heterocycles. The van der Waals surface area contributed by atoms with Gasteiger partial charge in [0.1, 0.15) is 18.7 Å². The van der Waals surface area contributed by atoms with Crippen LogP contribution in [0.3, 0.4) is 0 Å². The first-order valence-corrected chi connectivity index (χ1v) is 11.2. The van der Waals surface area contributed by atoms with Crippen LogP contribution in [0.2, 0.25) is 5.02 Å². The predicted octanol–water partition coefficient (Wildman–Crippen LogP) is 4.82. The minimum absolute atomic E-state index is 0.236. The summed E-state index contributed by atoms with van der Waals surface area (Å²) in [5.74, 6) is 0.708. The van der Waals surface area contributed by atoms with Crippen LogP contribution in [-0.2, 0) is 4.79 Å². The number of aromatic nitrogens is 3. The van der Waals surface area contributed by atoms with E-state index in [0.717, 1.165) is 6.42 Å². The normalized spacial score (nSPS) is 11.7. The number of carbonyl (C=O) groups is 2. The van der Waals surface area contributed by atoms with E-state index in [0.29, 0.717) is 46.0 Å². The Morgan fingerprint density at radius 1 is 1.09 bits per heavy atom. The number of hydrogen-bond acceptors (Lipinski definition) is 6. The van der Waals surface area contributed by atoms with Crippen LogP contribution in [0, 0.1) is 5.92 Å². The second-order valence-corrected chi connectivity index (χ2v) is 8.50. The first kappa shape index (κ1) is 25.0. The summed E-state index contributed by atoms with van der Waals surface area (Å²) >= 11 is 6.37. The van der Waals surface area contributed by atoms with Gasteiger partial charge in [0, 0.05) is 16.9 Å². The highest BCUT2D eigenvalue weighted by atomic mass is 35.5. The van der Waals surface area contributed by atoms with Crippen molar-refractivity contribution in [2.24, 2.45) is 5.92 Å². The minimum Gasteiger partial charge on any atom is -0.493 e. The number of ether oxygens (including phenoxy) is 2. The molecule has 180 valence electrons. The highest BCUT2D eigenvalue weighted by Crippen LogP contribution is 2.37. The van der Waals surface area contributed by atoms with Crippen molar-refractivity contribution in [3.63, 3.8) is 0 Å². The summed E-state index contributed by atoms with van der Waals surface area (Å²) in [6.45, 7) is 6.43. The van der Waals surface area contributed by atoms with Gasteiger partial charge in [0.25, 0.3) is 5.91 Å². The van der Waals surface area contributed by atoms with E-state index in [1.165, 1.54) is 24.4 Å². The maximum Gasteiger partial charge on any atom is 0.255 e. The number of nitrogens with one attached hydrogen (secondary N) is 2. The molecule has 2 amide bonds. The summed E-state index contributed by atoms with van der Waals surface area (Å²) in [5, 5.41) is 9.89. The largest absolute Gasteiger partial charge is 0.493 e. The maximum atomic E-state index is 12.8. The fourth-order valence-electron chi connectivity index (χ4n) is 3.01. The van der Waals surface area contributed by atoms with Crippen molar-refractivity contribution in [3.05, 3.63) is 59.6 Å². The van der Waals surface area contributed by atoms with Crippen molar-refractivity contribution in [1.29, 1.82) is 0 Å². The van der Waals surface area contributed by atoms with E-state index in [-0.39, 0.29) is 11.8 Å². The maximum absolute atomic E-state index is 12.8. The third-order valence-corrected chi connectivity index (χ3v) is 5.34. The zero-order valence-corrected chi connectivity index (χ0v) is 20.3. The van der Waals surface area contributed by atoms with Gasteiger partial charge in [-0.05, 0) is 55.7 Å². The van der Waals surface area contributed by atoms with E-state index >= 15 is 0 Å². The molecule has 1 unspecified atom stereocenters. The number of hydrogen-bond donors (Lipinski definition) is 2. The molecule has 2 N–H and O–H groups in total. The third-order valence-electron chi connectivity index (χ3n) is 5.06. The Bertz CT molecular complexity index is 1120. The van der Waals surface area contributed by atoms with E-state index in [9.17, 15) is 9.59 Å². The van der Waals surface area contributed by atoms with E-state index in [2.05, 4.69) is 34.6 Å². The van der Waals surface area contributed by atoms with Crippen LogP contribution in [0.25, 0.3) is 0 Å². The standard InChI is InChI=1S/C24H28ClN5O4/c1-15(2)9-10-34-22-20(25)11-17(12-21(22)33-4)24(32)29-19-7-5-18(6-8-19)28-23(31)16(3)30-14-26-13-27-30/h5-8,11-16H,9-10H2,1-4H3,(H,28,31)(H,29,32). The quantitative estimate of drug-likeness (QED) is 0.426. The molecule has 0 bridgehead atoms. The second kappa shape index (κ2) is 11.5. The zero-order chi connectivity index (χ0) is 24.7. The molecule has 10 heteroatoms. The van der Waals surface area contributed by atoms with Crippen molar-refractivity contribution < 1.29 is 19.1 Å². The van der Waals surface area contributed by atoms with Gasteiger partial charge in [-0.25, -0.2) is 9.67 Å². The molecule has 3 rings (SSSR count). The number of benzene rings is 2. The number of carbonyl (C=O) groups excluding carboxylic acids is 2. The van der Waals surface area contributed by atoms with Gasteiger partial charge in [-0.3, -0.25) is 9.59 Å². The molecule has 0 spiro atoms. The Hall–Kier alpha value is -3.59. The van der Waals surface area contributed by atoms with E-state index < -0.39 is 6.04 Å². The molecular weight excluding hydrogens is 458 g/mol. The molecule has 1 atom stereocenters. The number of nitrogens with zero attached hydrogens (tertiary/aromatic N) is 3. The smallest absolute Gasteiger partial charge is 0.255 e. The van der Waals surface area contributed by atoms with Gasteiger partial charge in [-0.2, -0.15) is 5.10 Å². The molecule has 34 heavy (non-hydrogen) atoms. The molecule has 1 aromatic heterocycles. The van der Waals surface area contributed by atoms with Gasteiger partial charge >= 0.3 is 0 Å². The Morgan fingerprint density at radius 2 is 1.76 bits per heavy atom. The molecule has 9 nitrogen and oxygen atoms in total. The van der Waals surface area contributed by atoms with Crippen LogP contribution in [0.4, 0.5) is 11.4 Å². The van der Waals surface area contributed by atoms with Gasteiger partial charge in [0.15, 0.2) is 11.5 Å². The van der Waals surface area contributed by atoms with Crippen molar-refractivity contribution in [2.75, 3.05) is 24.4 Å². The Balaban J connectivity index is 1.63. The molecule has 0 aliphatic carbocycles. The van der Waals surface area contributed by atoms with Gasteiger partial charge in [0.05, 0.1) is 18.7 Å². The topological polar surface area (TPSA) is 107 Å². The van der Waals surface area contributed by atoms with E-state index in [1.807, 2.05) is 0 Å². The first-order valence-electron chi connectivity index (χ1n) is 10.8. The van der Waals surface area contributed by atoms with Gasteiger partial charge in [-0.1, -0.05) is 25.4 Å². The van der Waals surface area contributed by atoms with Crippen LogP contribution in [0.1, 0.15) is 43.6 Å². The molecule has 0 saturated heterocycles. The Labute approximate surface area is 203 Å². The number of anilines is 2. The second-order valence-electron chi connectivity index (χ2n) is 8.09. The van der Waals surface area contributed by atoms with Crippen LogP contribution in [-0.4, -0.2) is 40.3 Å². The highest BCUT2D eigenvalue weighted by molar-refractivity contribution is 6.32. The lowest BCUT2D eigenvalue weighted by Gasteiger charge is -2.15. The van der Waals surface area contributed by atoms with Gasteiger partial charge < -0.3 is 20.1 Å². The van der Waals surface area contributed by atoms with E-state index in [1.54, 1.807) is 43.3 Å². The molecule has 3 aromatic rings. The van der Waals surface area contributed by atoms with Crippen LogP contribution >= 0.6 is 11.6 Å². The lowest BCUT2D eigenvalue weighted by Crippen LogP contribution is -2.24. The molecule has 0 fully saturated rings. The molecule has 0 aliphatic rings.